The van der Waals surface area contributed by atoms with Gasteiger partial charge in [0.15, 0.2) is 5.79 Å². The van der Waals surface area contributed by atoms with Crippen LogP contribution in [0.15, 0.2) is 29.2 Å². The molecule has 0 N–H and O–H groups in total. The first-order valence-electron chi connectivity index (χ1n) is 8.65. The number of carbonyl (C=O) groups excluding carboxylic acids is 1. The zero-order valence-corrected chi connectivity index (χ0v) is 16.5. The number of hydrogen-bond acceptors (Lipinski definition) is 8. The minimum atomic E-state index is -3.94. The van der Waals surface area contributed by atoms with Gasteiger partial charge < -0.3 is 18.9 Å². The Morgan fingerprint density at radius 2 is 1.70 bits per heavy atom. The van der Waals surface area contributed by atoms with E-state index in [0.29, 0.717) is 0 Å². The van der Waals surface area contributed by atoms with Crippen LogP contribution in [0.5, 0.6) is 0 Å². The number of carbonyl (C=O) groups is 1. The summed E-state index contributed by atoms with van der Waals surface area (Å²) in [5, 5.41) is 0. The van der Waals surface area contributed by atoms with Gasteiger partial charge in [-0.05, 0) is 32.9 Å². The highest BCUT2D eigenvalue weighted by atomic mass is 32.2. The second kappa shape index (κ2) is 7.48. The summed E-state index contributed by atoms with van der Waals surface area (Å²) in [4.78, 5) is 11.7. The molecule has 0 unspecified atom stereocenters. The van der Waals surface area contributed by atoms with Crippen LogP contribution in [0.3, 0.4) is 0 Å². The molecule has 2 fully saturated rings. The highest BCUT2D eigenvalue weighted by Gasteiger charge is 2.55. The van der Waals surface area contributed by atoms with Crippen LogP contribution in [0.4, 0.5) is 0 Å². The minimum absolute atomic E-state index is 0.0156. The second-order valence-electron chi connectivity index (χ2n) is 7.11. The molecule has 0 aromatic heterocycles. The molecule has 1 aromatic carbocycles. The number of ether oxygens (including phenoxy) is 4. The number of aryl methyl sites for hydroxylation is 1. The summed E-state index contributed by atoms with van der Waals surface area (Å²) in [6.45, 7) is 5.13. The predicted octanol–water partition coefficient (Wildman–Crippen LogP) is 1.55. The number of rotatable bonds is 6. The summed E-state index contributed by atoms with van der Waals surface area (Å²) >= 11 is 0. The maximum Gasteiger partial charge on any atom is 0.308 e. The maximum absolute atomic E-state index is 12.4. The van der Waals surface area contributed by atoms with Gasteiger partial charge in [-0.1, -0.05) is 17.7 Å². The number of methoxy groups -OCH3 is 1. The van der Waals surface area contributed by atoms with Crippen molar-refractivity contribution < 1.29 is 36.3 Å². The van der Waals surface area contributed by atoms with Crippen LogP contribution in [0, 0.1) is 6.92 Å². The van der Waals surface area contributed by atoms with Gasteiger partial charge in [-0.25, -0.2) is 0 Å². The maximum atomic E-state index is 12.4. The molecule has 3 rings (SSSR count). The molecular formula is C18H24O8S. The molecule has 2 saturated heterocycles. The molecule has 0 bridgehead atoms. The Morgan fingerprint density at radius 1 is 1.11 bits per heavy atom. The van der Waals surface area contributed by atoms with Gasteiger partial charge in [-0.15, -0.1) is 0 Å². The molecule has 2 aliphatic rings. The Bertz CT molecular complexity index is 786. The van der Waals surface area contributed by atoms with Crippen LogP contribution in [-0.4, -0.2) is 58.3 Å². The van der Waals surface area contributed by atoms with Gasteiger partial charge in [-0.3, -0.25) is 8.98 Å². The van der Waals surface area contributed by atoms with E-state index >= 15 is 0 Å². The van der Waals surface area contributed by atoms with Crippen molar-refractivity contribution in [1.29, 1.82) is 0 Å². The Morgan fingerprint density at radius 3 is 2.30 bits per heavy atom. The lowest BCUT2D eigenvalue weighted by atomic mass is 10.1. The average molecular weight is 400 g/mol. The molecule has 0 amide bonds. The molecular weight excluding hydrogens is 376 g/mol. The van der Waals surface area contributed by atoms with E-state index in [-0.39, 0.29) is 17.9 Å². The highest BCUT2D eigenvalue weighted by Crippen LogP contribution is 2.40. The Hall–Kier alpha value is -1.52. The van der Waals surface area contributed by atoms with Crippen molar-refractivity contribution in [2.45, 2.75) is 62.3 Å². The van der Waals surface area contributed by atoms with Crippen molar-refractivity contribution in [1.82, 2.24) is 0 Å². The largest absolute Gasteiger partial charge is 0.469 e. The molecule has 0 radical (unpaired) electrons. The second-order valence-corrected chi connectivity index (χ2v) is 8.73. The lowest BCUT2D eigenvalue weighted by Gasteiger charge is -2.23. The van der Waals surface area contributed by atoms with E-state index in [9.17, 15) is 13.2 Å². The van der Waals surface area contributed by atoms with Gasteiger partial charge >= 0.3 is 5.97 Å². The topological polar surface area (TPSA) is 97.4 Å². The molecule has 4 atom stereocenters. The lowest BCUT2D eigenvalue weighted by Crippen LogP contribution is -2.33. The Labute approximate surface area is 158 Å². The van der Waals surface area contributed by atoms with E-state index in [1.165, 1.54) is 19.2 Å². The number of benzene rings is 1. The molecule has 0 aliphatic carbocycles. The van der Waals surface area contributed by atoms with Gasteiger partial charge in [0.25, 0.3) is 10.1 Å². The fourth-order valence-electron chi connectivity index (χ4n) is 3.25. The van der Waals surface area contributed by atoms with E-state index in [2.05, 4.69) is 4.74 Å². The van der Waals surface area contributed by atoms with Crippen LogP contribution in [0.1, 0.15) is 25.8 Å². The van der Waals surface area contributed by atoms with Crippen molar-refractivity contribution >= 4 is 16.1 Å². The third-order valence-corrected chi connectivity index (χ3v) is 5.83. The molecule has 1 aromatic rings. The van der Waals surface area contributed by atoms with Crippen LogP contribution < -0.4 is 0 Å². The van der Waals surface area contributed by atoms with E-state index in [4.69, 9.17) is 18.4 Å². The molecule has 8 nitrogen and oxygen atoms in total. The fourth-order valence-corrected chi connectivity index (χ4v) is 4.17. The first-order valence-corrected chi connectivity index (χ1v) is 10.1. The van der Waals surface area contributed by atoms with E-state index in [1.54, 1.807) is 26.0 Å². The number of hydrogen-bond donors (Lipinski definition) is 0. The van der Waals surface area contributed by atoms with E-state index < -0.39 is 46.3 Å². The van der Waals surface area contributed by atoms with E-state index in [1.807, 2.05) is 6.92 Å². The molecule has 150 valence electrons. The van der Waals surface area contributed by atoms with Crippen LogP contribution >= 0.6 is 0 Å². The highest BCUT2D eigenvalue weighted by molar-refractivity contribution is 7.86. The third-order valence-electron chi connectivity index (χ3n) is 4.54. The summed E-state index contributed by atoms with van der Waals surface area (Å²) in [5.41, 5.74) is 0.945. The normalized spacial score (nSPS) is 29.5. The predicted molar refractivity (Wildman–Crippen MR) is 93.4 cm³/mol. The molecule has 27 heavy (non-hydrogen) atoms. The monoisotopic (exact) mass is 400 g/mol. The van der Waals surface area contributed by atoms with Gasteiger partial charge in [0.2, 0.25) is 0 Å². The zero-order chi connectivity index (χ0) is 19.8. The molecule has 9 heteroatoms. The average Bonchev–Trinajstić information content (AvgIpc) is 3.07. The number of fused-ring (bicyclic) bond motifs is 1. The van der Waals surface area contributed by atoms with Gasteiger partial charge in [-0.2, -0.15) is 8.42 Å². The van der Waals surface area contributed by atoms with Crippen LogP contribution in [-0.2, 0) is 38.0 Å². The molecule has 2 aliphatic heterocycles. The quantitative estimate of drug-likeness (QED) is 0.524. The van der Waals surface area contributed by atoms with Crippen molar-refractivity contribution in [2.75, 3.05) is 13.7 Å². The van der Waals surface area contributed by atoms with Gasteiger partial charge in [0, 0.05) is 0 Å². The van der Waals surface area contributed by atoms with Crippen molar-refractivity contribution in [2.24, 2.45) is 0 Å². The Kier molecular flexibility index (Phi) is 5.60. The first-order chi connectivity index (χ1) is 12.6. The fraction of sp³-hybridized carbons (Fsp3) is 0.611. The van der Waals surface area contributed by atoms with Crippen LogP contribution in [0.25, 0.3) is 0 Å². The summed E-state index contributed by atoms with van der Waals surface area (Å²) in [5.74, 6) is -1.30. The van der Waals surface area contributed by atoms with Crippen molar-refractivity contribution in [3.63, 3.8) is 0 Å². The smallest absolute Gasteiger partial charge is 0.308 e. The van der Waals surface area contributed by atoms with Gasteiger partial charge in [0.05, 0.1) is 31.1 Å². The summed E-state index contributed by atoms with van der Waals surface area (Å²) in [6.07, 6.45) is -2.34. The summed E-state index contributed by atoms with van der Waals surface area (Å²) in [7, 11) is -2.64. The van der Waals surface area contributed by atoms with Crippen molar-refractivity contribution in [3.8, 4) is 0 Å². The zero-order valence-electron chi connectivity index (χ0n) is 15.7. The van der Waals surface area contributed by atoms with Crippen LogP contribution in [0.2, 0.25) is 0 Å². The van der Waals surface area contributed by atoms with Gasteiger partial charge in [0.1, 0.15) is 18.3 Å². The Balaban J connectivity index is 1.70. The molecule has 0 saturated carbocycles. The summed E-state index contributed by atoms with van der Waals surface area (Å²) < 4.78 is 52.2. The third kappa shape index (κ3) is 4.49. The summed E-state index contributed by atoms with van der Waals surface area (Å²) in [6, 6.07) is 6.37. The standard InChI is InChI=1S/C18H24O8S/c1-11-5-7-12(8-6-11)27(20,21)23-10-14-17-16(25-18(2,3)26-17)13(24-14)9-15(19)22-4/h5-8,13-14,16-17H,9-10H2,1-4H3/t13-,14+,16-,17+/m0/s1. The molecule has 0 spiro atoms. The number of esters is 1. The SMILES string of the molecule is COC(=O)C[C@@H]1O[C@H](COS(=O)(=O)c2ccc(C)cc2)[C@H]2OC(C)(C)O[C@H]21. The first kappa shape index (κ1) is 20.2. The van der Waals surface area contributed by atoms with Crippen molar-refractivity contribution in [3.05, 3.63) is 29.8 Å². The van der Waals surface area contributed by atoms with E-state index in [0.717, 1.165) is 5.56 Å². The molecule has 2 heterocycles. The minimum Gasteiger partial charge on any atom is -0.469 e. The lowest BCUT2D eigenvalue weighted by molar-refractivity contribution is -0.192.